The molecule has 0 spiro atoms. The Morgan fingerprint density at radius 2 is 1.89 bits per heavy atom. The van der Waals surface area contributed by atoms with Gasteiger partial charge >= 0.3 is 5.97 Å². The van der Waals surface area contributed by atoms with Crippen LogP contribution in [0.15, 0.2) is 30.3 Å². The van der Waals surface area contributed by atoms with E-state index in [2.05, 4.69) is 4.98 Å². The van der Waals surface area contributed by atoms with Crippen molar-refractivity contribution in [3.8, 4) is 0 Å². The molecule has 1 N–H and O–H groups in total. The second kappa shape index (κ2) is 5.14. The van der Waals surface area contributed by atoms with Gasteiger partial charge in [0.2, 0.25) is 0 Å². The molecule has 0 aliphatic rings. The van der Waals surface area contributed by atoms with Gasteiger partial charge < -0.3 is 5.11 Å². The molecular formula is C14H11F2NO2. The minimum Gasteiger partial charge on any atom is -0.478 e. The second-order valence-electron chi connectivity index (χ2n) is 4.16. The molecule has 0 amide bonds. The molecule has 2 aromatic rings. The van der Waals surface area contributed by atoms with Crippen molar-refractivity contribution in [1.82, 2.24) is 4.98 Å². The molecule has 98 valence electrons. The highest BCUT2D eigenvalue weighted by Gasteiger charge is 2.15. The molecule has 19 heavy (non-hydrogen) atoms. The van der Waals surface area contributed by atoms with Gasteiger partial charge in [0.15, 0.2) is 0 Å². The van der Waals surface area contributed by atoms with Crippen LogP contribution in [0, 0.1) is 18.6 Å². The van der Waals surface area contributed by atoms with Crippen molar-refractivity contribution < 1.29 is 18.7 Å². The maximum Gasteiger partial charge on any atom is 0.337 e. The van der Waals surface area contributed by atoms with Crippen molar-refractivity contribution in [2.24, 2.45) is 0 Å². The molecule has 1 aromatic carbocycles. The molecule has 0 radical (unpaired) electrons. The van der Waals surface area contributed by atoms with Gasteiger partial charge in [-0.1, -0.05) is 12.1 Å². The highest BCUT2D eigenvalue weighted by Crippen LogP contribution is 2.16. The summed E-state index contributed by atoms with van der Waals surface area (Å²) in [7, 11) is 0. The van der Waals surface area contributed by atoms with Crippen LogP contribution >= 0.6 is 0 Å². The SMILES string of the molecule is Cc1nc(Cc2ccc(F)cc2)c(C(=O)O)cc1F. The topological polar surface area (TPSA) is 50.2 Å². The number of nitrogens with zero attached hydrogens (tertiary/aromatic N) is 1. The number of hydrogen-bond acceptors (Lipinski definition) is 2. The van der Waals surface area contributed by atoms with E-state index in [1.165, 1.54) is 19.1 Å². The van der Waals surface area contributed by atoms with Gasteiger partial charge in [-0.3, -0.25) is 4.98 Å². The van der Waals surface area contributed by atoms with Crippen LogP contribution in [0.2, 0.25) is 0 Å². The lowest BCUT2D eigenvalue weighted by molar-refractivity contribution is 0.0694. The first-order valence-corrected chi connectivity index (χ1v) is 5.61. The molecule has 0 saturated heterocycles. The van der Waals surface area contributed by atoms with Crippen LogP contribution in [0.25, 0.3) is 0 Å². The fourth-order valence-corrected chi connectivity index (χ4v) is 1.75. The summed E-state index contributed by atoms with van der Waals surface area (Å²) in [6.07, 6.45) is 0.211. The minimum atomic E-state index is -1.23. The summed E-state index contributed by atoms with van der Waals surface area (Å²) in [5, 5.41) is 9.04. The van der Waals surface area contributed by atoms with E-state index in [0.717, 1.165) is 6.07 Å². The Hall–Kier alpha value is -2.30. The first-order chi connectivity index (χ1) is 8.97. The number of hydrogen-bond donors (Lipinski definition) is 1. The predicted octanol–water partition coefficient (Wildman–Crippen LogP) is 2.96. The number of aromatic nitrogens is 1. The number of pyridine rings is 1. The van der Waals surface area contributed by atoms with E-state index >= 15 is 0 Å². The van der Waals surface area contributed by atoms with Crippen molar-refractivity contribution >= 4 is 5.97 Å². The smallest absolute Gasteiger partial charge is 0.337 e. The van der Waals surface area contributed by atoms with E-state index in [0.29, 0.717) is 5.56 Å². The summed E-state index contributed by atoms with van der Waals surface area (Å²) in [5.74, 6) is -2.26. The zero-order valence-electron chi connectivity index (χ0n) is 10.2. The zero-order chi connectivity index (χ0) is 14.0. The Bertz CT molecular complexity index is 624. The van der Waals surface area contributed by atoms with Gasteiger partial charge in [0.1, 0.15) is 11.6 Å². The Balaban J connectivity index is 2.41. The molecule has 1 heterocycles. The van der Waals surface area contributed by atoms with Crippen molar-refractivity contribution in [2.75, 3.05) is 0 Å². The van der Waals surface area contributed by atoms with Gasteiger partial charge in [0, 0.05) is 6.42 Å². The maximum absolute atomic E-state index is 13.3. The minimum absolute atomic E-state index is 0.141. The highest BCUT2D eigenvalue weighted by atomic mass is 19.1. The van der Waals surface area contributed by atoms with Crippen molar-refractivity contribution in [3.05, 3.63) is 64.5 Å². The van der Waals surface area contributed by atoms with Gasteiger partial charge in [0.25, 0.3) is 0 Å². The van der Waals surface area contributed by atoms with E-state index in [-0.39, 0.29) is 29.2 Å². The summed E-state index contributed by atoms with van der Waals surface area (Å²) in [4.78, 5) is 15.0. The van der Waals surface area contributed by atoms with E-state index in [4.69, 9.17) is 5.11 Å². The van der Waals surface area contributed by atoms with Gasteiger partial charge in [-0.2, -0.15) is 0 Å². The van der Waals surface area contributed by atoms with Crippen LogP contribution < -0.4 is 0 Å². The van der Waals surface area contributed by atoms with E-state index < -0.39 is 11.8 Å². The molecule has 0 bridgehead atoms. The quantitative estimate of drug-likeness (QED) is 0.926. The maximum atomic E-state index is 13.3. The average molecular weight is 263 g/mol. The van der Waals surface area contributed by atoms with Crippen LogP contribution in [0.4, 0.5) is 8.78 Å². The van der Waals surface area contributed by atoms with E-state index in [1.807, 2.05) is 0 Å². The van der Waals surface area contributed by atoms with Crippen LogP contribution in [0.5, 0.6) is 0 Å². The lowest BCUT2D eigenvalue weighted by Gasteiger charge is -2.07. The van der Waals surface area contributed by atoms with Gasteiger partial charge in [0.05, 0.1) is 17.0 Å². The predicted molar refractivity (Wildman–Crippen MR) is 65.1 cm³/mol. The Morgan fingerprint density at radius 1 is 1.26 bits per heavy atom. The summed E-state index contributed by atoms with van der Waals surface area (Å²) >= 11 is 0. The summed E-state index contributed by atoms with van der Waals surface area (Å²) < 4.78 is 26.1. The molecule has 0 unspecified atom stereocenters. The Morgan fingerprint density at radius 3 is 2.47 bits per heavy atom. The molecule has 0 fully saturated rings. The van der Waals surface area contributed by atoms with E-state index in [9.17, 15) is 13.6 Å². The third-order valence-corrected chi connectivity index (χ3v) is 2.75. The Kier molecular flexibility index (Phi) is 3.55. The second-order valence-corrected chi connectivity index (χ2v) is 4.16. The first-order valence-electron chi connectivity index (χ1n) is 5.61. The first kappa shape index (κ1) is 13.1. The lowest BCUT2D eigenvalue weighted by atomic mass is 10.0. The largest absolute Gasteiger partial charge is 0.478 e. The van der Waals surface area contributed by atoms with Crippen molar-refractivity contribution in [2.45, 2.75) is 13.3 Å². The number of aromatic carboxylic acids is 1. The number of rotatable bonds is 3. The highest BCUT2D eigenvalue weighted by molar-refractivity contribution is 5.89. The molecular weight excluding hydrogens is 252 g/mol. The monoisotopic (exact) mass is 263 g/mol. The Labute approximate surface area is 108 Å². The third kappa shape index (κ3) is 2.93. The number of carbonyl (C=O) groups is 1. The number of halogens is 2. The normalized spacial score (nSPS) is 10.5. The molecule has 0 aliphatic heterocycles. The summed E-state index contributed by atoms with van der Waals surface area (Å²) in [6.45, 7) is 1.47. The lowest BCUT2D eigenvalue weighted by Crippen LogP contribution is -2.08. The molecule has 1 aromatic heterocycles. The number of benzene rings is 1. The fourth-order valence-electron chi connectivity index (χ4n) is 1.75. The van der Waals surface area contributed by atoms with Gasteiger partial charge in [-0.05, 0) is 30.7 Å². The van der Waals surface area contributed by atoms with Crippen LogP contribution in [0.1, 0.15) is 27.3 Å². The summed E-state index contributed by atoms with van der Waals surface area (Å²) in [6, 6.07) is 6.62. The van der Waals surface area contributed by atoms with Crippen LogP contribution in [0.3, 0.4) is 0 Å². The molecule has 0 saturated carbocycles. The van der Waals surface area contributed by atoms with Crippen LogP contribution in [-0.2, 0) is 6.42 Å². The van der Waals surface area contributed by atoms with Gasteiger partial charge in [-0.15, -0.1) is 0 Å². The zero-order valence-corrected chi connectivity index (χ0v) is 10.2. The summed E-state index contributed by atoms with van der Waals surface area (Å²) in [5.41, 5.74) is 0.940. The molecule has 0 atom stereocenters. The average Bonchev–Trinajstić information content (AvgIpc) is 2.36. The molecule has 2 rings (SSSR count). The fraction of sp³-hybridized carbons (Fsp3) is 0.143. The van der Waals surface area contributed by atoms with Crippen molar-refractivity contribution in [1.29, 1.82) is 0 Å². The molecule has 3 nitrogen and oxygen atoms in total. The number of carboxylic acids is 1. The standard InChI is InChI=1S/C14H11F2NO2/c1-8-12(16)7-11(14(18)19)13(17-8)6-9-2-4-10(15)5-3-9/h2-5,7H,6H2,1H3,(H,18,19). The van der Waals surface area contributed by atoms with E-state index in [1.54, 1.807) is 12.1 Å². The van der Waals surface area contributed by atoms with Gasteiger partial charge in [-0.25, -0.2) is 13.6 Å². The van der Waals surface area contributed by atoms with Crippen molar-refractivity contribution in [3.63, 3.8) is 0 Å². The molecule has 0 aliphatic carbocycles. The van der Waals surface area contributed by atoms with Crippen LogP contribution in [-0.4, -0.2) is 16.1 Å². The third-order valence-electron chi connectivity index (χ3n) is 2.75. The number of aryl methyl sites for hydroxylation is 1. The number of carboxylic acid groups (broad SMARTS) is 1. The molecule has 5 heteroatoms.